The zero-order chi connectivity index (χ0) is 17.4. The van der Waals surface area contributed by atoms with Crippen LogP contribution in [0.25, 0.3) is 0 Å². The van der Waals surface area contributed by atoms with Crippen molar-refractivity contribution in [1.82, 2.24) is 0 Å². The summed E-state index contributed by atoms with van der Waals surface area (Å²) >= 11 is 0. The molecule has 0 aliphatic heterocycles. The predicted molar refractivity (Wildman–Crippen MR) is 93.7 cm³/mol. The lowest BCUT2D eigenvalue weighted by atomic mass is 10.1. The summed E-state index contributed by atoms with van der Waals surface area (Å²) in [6, 6.07) is 6.80. The molecule has 0 spiro atoms. The Morgan fingerprint density at radius 3 is 2.26 bits per heavy atom. The summed E-state index contributed by atoms with van der Waals surface area (Å²) in [6.45, 7) is 8.19. The van der Waals surface area contributed by atoms with Gasteiger partial charge in [-0.15, -0.1) is 0 Å². The first kappa shape index (κ1) is 17.5. The number of para-hydroxylation sites is 2. The third kappa shape index (κ3) is 4.13. The first-order chi connectivity index (χ1) is 10.5. The summed E-state index contributed by atoms with van der Waals surface area (Å²) in [5.41, 5.74) is 1.96. The SMILES string of the molecule is CC(C)=C[C@H]1[C@H](C(=O)Nc2ccccc2NS(C)(=O)=O)C1(C)C. The Balaban J connectivity index is 2.18. The van der Waals surface area contributed by atoms with E-state index in [1.807, 2.05) is 13.8 Å². The molecule has 1 amide bonds. The van der Waals surface area contributed by atoms with Crippen molar-refractivity contribution in [3.8, 4) is 0 Å². The van der Waals surface area contributed by atoms with Crippen molar-refractivity contribution in [2.45, 2.75) is 27.7 Å². The van der Waals surface area contributed by atoms with E-state index < -0.39 is 10.0 Å². The monoisotopic (exact) mass is 336 g/mol. The molecule has 1 aliphatic rings. The minimum Gasteiger partial charge on any atom is -0.324 e. The number of sulfonamides is 1. The first-order valence-electron chi connectivity index (χ1n) is 7.55. The van der Waals surface area contributed by atoms with Gasteiger partial charge in [0.2, 0.25) is 15.9 Å². The van der Waals surface area contributed by atoms with Crippen LogP contribution < -0.4 is 10.0 Å². The first-order valence-corrected chi connectivity index (χ1v) is 9.44. The molecule has 1 aliphatic carbocycles. The highest BCUT2D eigenvalue weighted by Crippen LogP contribution is 2.59. The average molecular weight is 336 g/mol. The fraction of sp³-hybridized carbons (Fsp3) is 0.471. The van der Waals surface area contributed by atoms with Crippen LogP contribution in [0.3, 0.4) is 0 Å². The number of carbonyl (C=O) groups is 1. The lowest BCUT2D eigenvalue weighted by Gasteiger charge is -2.12. The van der Waals surface area contributed by atoms with Crippen LogP contribution in [0.1, 0.15) is 27.7 Å². The Kier molecular flexibility index (Phi) is 4.57. The largest absolute Gasteiger partial charge is 0.324 e. The van der Waals surface area contributed by atoms with E-state index in [1.54, 1.807) is 24.3 Å². The van der Waals surface area contributed by atoms with Crippen LogP contribution in [-0.2, 0) is 14.8 Å². The van der Waals surface area contributed by atoms with Crippen LogP contribution in [-0.4, -0.2) is 20.6 Å². The van der Waals surface area contributed by atoms with Crippen LogP contribution in [0.15, 0.2) is 35.9 Å². The van der Waals surface area contributed by atoms with Crippen molar-refractivity contribution < 1.29 is 13.2 Å². The summed E-state index contributed by atoms with van der Waals surface area (Å²) < 4.78 is 25.3. The lowest BCUT2D eigenvalue weighted by Crippen LogP contribution is -2.19. The molecule has 0 heterocycles. The number of amides is 1. The maximum Gasteiger partial charge on any atom is 0.229 e. The third-order valence-electron chi connectivity index (χ3n) is 4.19. The quantitative estimate of drug-likeness (QED) is 0.811. The number of anilines is 2. The number of allylic oxidation sites excluding steroid dienone is 2. The molecule has 0 saturated heterocycles. The van der Waals surface area contributed by atoms with E-state index in [1.165, 1.54) is 5.57 Å². The second-order valence-corrected chi connectivity index (χ2v) is 8.73. The third-order valence-corrected chi connectivity index (χ3v) is 4.78. The molecule has 0 aromatic heterocycles. The van der Waals surface area contributed by atoms with Crippen molar-refractivity contribution in [3.63, 3.8) is 0 Å². The van der Waals surface area contributed by atoms with Crippen molar-refractivity contribution in [3.05, 3.63) is 35.9 Å². The Morgan fingerprint density at radius 1 is 1.17 bits per heavy atom. The number of hydrogen-bond donors (Lipinski definition) is 2. The van der Waals surface area contributed by atoms with Crippen LogP contribution >= 0.6 is 0 Å². The molecule has 1 aromatic carbocycles. The average Bonchev–Trinajstić information content (AvgIpc) is 2.90. The molecule has 2 N–H and O–H groups in total. The minimum absolute atomic E-state index is 0.0828. The van der Waals surface area contributed by atoms with Crippen molar-refractivity contribution in [1.29, 1.82) is 0 Å². The van der Waals surface area contributed by atoms with Crippen molar-refractivity contribution >= 4 is 27.3 Å². The number of rotatable bonds is 5. The zero-order valence-corrected chi connectivity index (χ0v) is 15.0. The van der Waals surface area contributed by atoms with E-state index in [4.69, 9.17) is 0 Å². The van der Waals surface area contributed by atoms with Crippen LogP contribution in [0, 0.1) is 17.3 Å². The fourth-order valence-electron chi connectivity index (χ4n) is 2.94. The van der Waals surface area contributed by atoms with Gasteiger partial charge in [-0.3, -0.25) is 9.52 Å². The number of carbonyl (C=O) groups excluding carboxylic acids is 1. The standard InChI is InChI=1S/C17H24N2O3S/c1-11(2)10-12-15(17(12,3)4)16(20)18-13-8-6-7-9-14(13)19-23(5,21)22/h6-10,12,15,19H,1-5H3,(H,18,20)/t12-,15+/m0/s1. The lowest BCUT2D eigenvalue weighted by molar-refractivity contribution is -0.118. The highest BCUT2D eigenvalue weighted by molar-refractivity contribution is 7.92. The van der Waals surface area contributed by atoms with E-state index in [-0.39, 0.29) is 23.2 Å². The van der Waals surface area contributed by atoms with Gasteiger partial charge in [0, 0.05) is 0 Å². The molecule has 1 aromatic rings. The van der Waals surface area contributed by atoms with E-state index in [2.05, 4.69) is 30.0 Å². The number of hydrogen-bond acceptors (Lipinski definition) is 3. The molecule has 6 heteroatoms. The fourth-order valence-corrected chi connectivity index (χ4v) is 3.52. The normalized spacial score (nSPS) is 22.1. The zero-order valence-electron chi connectivity index (χ0n) is 14.2. The maximum absolute atomic E-state index is 12.6. The molecular weight excluding hydrogens is 312 g/mol. The Hall–Kier alpha value is -1.82. The van der Waals surface area contributed by atoms with Gasteiger partial charge in [-0.25, -0.2) is 8.42 Å². The van der Waals surface area contributed by atoms with Gasteiger partial charge < -0.3 is 5.32 Å². The Morgan fingerprint density at radius 2 is 1.74 bits per heavy atom. The van der Waals surface area contributed by atoms with Crippen molar-refractivity contribution in [2.75, 3.05) is 16.3 Å². The minimum atomic E-state index is -3.40. The van der Waals surface area contributed by atoms with Gasteiger partial charge >= 0.3 is 0 Å². The van der Waals surface area contributed by atoms with Crippen LogP contribution in [0.4, 0.5) is 11.4 Å². The van der Waals surface area contributed by atoms with E-state index >= 15 is 0 Å². The molecule has 5 nitrogen and oxygen atoms in total. The molecule has 1 saturated carbocycles. The van der Waals surface area contributed by atoms with Crippen molar-refractivity contribution in [2.24, 2.45) is 17.3 Å². The van der Waals surface area contributed by atoms with Gasteiger partial charge in [-0.1, -0.05) is 37.6 Å². The van der Waals surface area contributed by atoms with Crippen LogP contribution in [0.2, 0.25) is 0 Å². The molecule has 0 bridgehead atoms. The molecule has 2 rings (SSSR count). The summed E-state index contributed by atoms with van der Waals surface area (Å²) in [5.74, 6) is 0.0199. The summed E-state index contributed by atoms with van der Waals surface area (Å²) in [6.07, 6.45) is 3.21. The van der Waals surface area contributed by atoms with Gasteiger partial charge in [-0.05, 0) is 37.3 Å². The molecule has 0 radical (unpaired) electrons. The topological polar surface area (TPSA) is 75.3 Å². The smallest absolute Gasteiger partial charge is 0.229 e. The number of nitrogens with one attached hydrogen (secondary N) is 2. The summed E-state index contributed by atoms with van der Waals surface area (Å²) in [5, 5.41) is 2.86. The van der Waals surface area contributed by atoms with Gasteiger partial charge in [-0.2, -0.15) is 0 Å². The molecule has 0 unspecified atom stereocenters. The van der Waals surface area contributed by atoms with E-state index in [0.29, 0.717) is 11.4 Å². The summed E-state index contributed by atoms with van der Waals surface area (Å²) in [4.78, 5) is 12.6. The maximum atomic E-state index is 12.6. The van der Waals surface area contributed by atoms with Gasteiger partial charge in [0.1, 0.15) is 0 Å². The van der Waals surface area contributed by atoms with Crippen LogP contribution in [0.5, 0.6) is 0 Å². The second kappa shape index (κ2) is 6.00. The van der Waals surface area contributed by atoms with Gasteiger partial charge in [0.25, 0.3) is 0 Å². The molecule has 1 fully saturated rings. The summed E-state index contributed by atoms with van der Waals surface area (Å²) in [7, 11) is -3.40. The van der Waals surface area contributed by atoms with Gasteiger partial charge in [0.15, 0.2) is 0 Å². The Labute approximate surface area is 138 Å². The predicted octanol–water partition coefficient (Wildman–Crippen LogP) is 3.24. The number of benzene rings is 1. The van der Waals surface area contributed by atoms with Gasteiger partial charge in [0.05, 0.1) is 23.5 Å². The second-order valence-electron chi connectivity index (χ2n) is 6.98. The Bertz CT molecular complexity index is 747. The molecular formula is C17H24N2O3S. The van der Waals surface area contributed by atoms with E-state index in [0.717, 1.165) is 6.26 Å². The molecule has 23 heavy (non-hydrogen) atoms. The molecule has 2 atom stereocenters. The molecule has 126 valence electrons. The highest BCUT2D eigenvalue weighted by atomic mass is 32.2. The van der Waals surface area contributed by atoms with E-state index in [9.17, 15) is 13.2 Å². The highest BCUT2D eigenvalue weighted by Gasteiger charge is 2.60.